The fraction of sp³-hybridized carbons (Fsp3) is 0.533. The number of thiophene rings is 1. The Bertz CT molecular complexity index is 604. The fourth-order valence-electron chi connectivity index (χ4n) is 3.05. The third-order valence-electron chi connectivity index (χ3n) is 3.98. The second kappa shape index (κ2) is 6.08. The van der Waals surface area contributed by atoms with Gasteiger partial charge in [0.05, 0.1) is 21.0 Å². The molecule has 0 amide bonds. The molecular weight excluding hydrogens is 308 g/mol. The highest BCUT2D eigenvalue weighted by molar-refractivity contribution is 7.19. The zero-order chi connectivity index (χ0) is 14.9. The van der Waals surface area contributed by atoms with E-state index >= 15 is 0 Å². The average molecular weight is 327 g/mol. The van der Waals surface area contributed by atoms with E-state index in [2.05, 4.69) is 10.1 Å². The zero-order valence-electron chi connectivity index (χ0n) is 12.0. The maximum Gasteiger partial charge on any atom is 0.181 e. The van der Waals surface area contributed by atoms with Gasteiger partial charge in [0, 0.05) is 18.7 Å². The average Bonchev–Trinajstić information content (AvgIpc) is 3.11. The largest absolute Gasteiger partial charge is 0.389 e. The van der Waals surface area contributed by atoms with Crippen molar-refractivity contribution in [3.8, 4) is 10.6 Å². The molecule has 1 N–H and O–H groups in total. The van der Waals surface area contributed by atoms with Crippen molar-refractivity contribution in [1.82, 2.24) is 10.1 Å². The van der Waals surface area contributed by atoms with Crippen molar-refractivity contribution in [3.05, 3.63) is 28.2 Å². The van der Waals surface area contributed by atoms with E-state index in [0.29, 0.717) is 13.1 Å². The highest BCUT2D eigenvalue weighted by atomic mass is 35.5. The Morgan fingerprint density at radius 1 is 1.43 bits per heavy atom. The van der Waals surface area contributed by atoms with Gasteiger partial charge in [-0.25, -0.2) is 0 Å². The Morgan fingerprint density at radius 2 is 2.19 bits per heavy atom. The first-order valence-corrected chi connectivity index (χ1v) is 8.35. The van der Waals surface area contributed by atoms with Crippen LogP contribution in [0.1, 0.15) is 31.2 Å². The van der Waals surface area contributed by atoms with Gasteiger partial charge in [-0.2, -0.15) is 0 Å². The maximum atomic E-state index is 10.5. The fourth-order valence-corrected chi connectivity index (χ4v) is 4.11. The van der Waals surface area contributed by atoms with Crippen LogP contribution in [0.25, 0.3) is 10.6 Å². The van der Waals surface area contributed by atoms with Crippen LogP contribution < -0.4 is 0 Å². The van der Waals surface area contributed by atoms with Crippen molar-refractivity contribution in [1.29, 1.82) is 0 Å². The summed E-state index contributed by atoms with van der Waals surface area (Å²) >= 11 is 7.46. The van der Waals surface area contributed by atoms with E-state index in [9.17, 15) is 5.11 Å². The van der Waals surface area contributed by atoms with Crippen molar-refractivity contribution in [2.45, 2.75) is 37.8 Å². The quantitative estimate of drug-likeness (QED) is 0.908. The van der Waals surface area contributed by atoms with Crippen LogP contribution in [0.5, 0.6) is 0 Å². The summed E-state index contributed by atoms with van der Waals surface area (Å²) in [6, 6.07) is 3.81. The summed E-state index contributed by atoms with van der Waals surface area (Å²) in [5.41, 5.74) is 0.496. The lowest BCUT2D eigenvalue weighted by molar-refractivity contribution is 0.0145. The molecule has 0 aliphatic heterocycles. The van der Waals surface area contributed by atoms with Gasteiger partial charge in [0.2, 0.25) is 0 Å². The second-order valence-electron chi connectivity index (χ2n) is 5.89. The first-order chi connectivity index (χ1) is 10.1. The molecule has 1 saturated carbocycles. The molecule has 6 heteroatoms. The minimum Gasteiger partial charge on any atom is -0.389 e. The zero-order valence-corrected chi connectivity index (χ0v) is 13.6. The Labute approximate surface area is 133 Å². The van der Waals surface area contributed by atoms with Crippen LogP contribution in [0.2, 0.25) is 4.34 Å². The lowest BCUT2D eigenvalue weighted by atomic mass is 10.0. The molecule has 0 radical (unpaired) electrons. The standard InChI is InChI=1S/C15H19ClN2O2S/c1-18(10-15(19)6-2-3-7-15)9-11-8-17-20-14(11)12-4-5-13(16)21-12/h4-5,8,19H,2-3,6-7,9-10H2,1H3. The number of aromatic nitrogens is 1. The topological polar surface area (TPSA) is 49.5 Å². The van der Waals surface area contributed by atoms with Crippen molar-refractivity contribution < 1.29 is 9.63 Å². The summed E-state index contributed by atoms with van der Waals surface area (Å²) < 4.78 is 6.11. The van der Waals surface area contributed by atoms with E-state index in [1.54, 1.807) is 6.20 Å². The third-order valence-corrected chi connectivity index (χ3v) is 5.21. The lowest BCUT2D eigenvalue weighted by Crippen LogP contribution is -2.38. The molecule has 4 nitrogen and oxygen atoms in total. The number of hydrogen-bond acceptors (Lipinski definition) is 5. The molecule has 0 bridgehead atoms. The Kier molecular flexibility index (Phi) is 4.36. The van der Waals surface area contributed by atoms with Crippen LogP contribution in [-0.2, 0) is 6.54 Å². The summed E-state index contributed by atoms with van der Waals surface area (Å²) in [7, 11) is 2.02. The van der Waals surface area contributed by atoms with Gasteiger partial charge < -0.3 is 9.63 Å². The van der Waals surface area contributed by atoms with Gasteiger partial charge in [0.25, 0.3) is 0 Å². The molecule has 1 fully saturated rings. The summed E-state index contributed by atoms with van der Waals surface area (Å²) in [4.78, 5) is 3.12. The molecule has 2 heterocycles. The molecular formula is C15H19ClN2O2S. The number of halogens is 1. The highest BCUT2D eigenvalue weighted by Crippen LogP contribution is 2.34. The normalized spacial score (nSPS) is 17.7. The number of likely N-dealkylation sites (N-methyl/N-ethyl adjacent to an activating group) is 1. The van der Waals surface area contributed by atoms with Gasteiger partial charge in [0.15, 0.2) is 5.76 Å². The molecule has 0 unspecified atom stereocenters. The van der Waals surface area contributed by atoms with Gasteiger partial charge in [-0.1, -0.05) is 29.6 Å². The van der Waals surface area contributed by atoms with Gasteiger partial charge in [-0.15, -0.1) is 11.3 Å². The SMILES string of the molecule is CN(Cc1cnoc1-c1ccc(Cl)s1)CC1(O)CCCC1. The van der Waals surface area contributed by atoms with E-state index in [1.165, 1.54) is 11.3 Å². The molecule has 3 rings (SSSR count). The van der Waals surface area contributed by atoms with Gasteiger partial charge in [0.1, 0.15) is 0 Å². The van der Waals surface area contributed by atoms with Crippen molar-refractivity contribution in [3.63, 3.8) is 0 Å². The minimum atomic E-state index is -0.529. The molecule has 0 spiro atoms. The predicted molar refractivity (Wildman–Crippen MR) is 84.6 cm³/mol. The van der Waals surface area contributed by atoms with Crippen LogP contribution in [0.4, 0.5) is 0 Å². The number of nitrogens with zero attached hydrogens (tertiary/aromatic N) is 2. The summed E-state index contributed by atoms with van der Waals surface area (Å²) in [5, 5.41) is 14.4. The number of hydrogen-bond donors (Lipinski definition) is 1. The number of rotatable bonds is 5. The van der Waals surface area contributed by atoms with Crippen molar-refractivity contribution >= 4 is 22.9 Å². The third kappa shape index (κ3) is 3.48. The molecule has 2 aromatic rings. The van der Waals surface area contributed by atoms with Crippen LogP contribution in [0, 0.1) is 0 Å². The predicted octanol–water partition coefficient (Wildman–Crippen LogP) is 3.79. The first kappa shape index (κ1) is 15.0. The molecule has 2 aromatic heterocycles. The van der Waals surface area contributed by atoms with Crippen LogP contribution in [-0.4, -0.2) is 34.4 Å². The molecule has 0 saturated heterocycles. The molecule has 1 aliphatic carbocycles. The summed E-state index contributed by atoms with van der Waals surface area (Å²) in [6.07, 6.45) is 5.79. The molecule has 21 heavy (non-hydrogen) atoms. The Balaban J connectivity index is 1.69. The molecule has 114 valence electrons. The summed E-state index contributed by atoms with van der Waals surface area (Å²) in [5.74, 6) is 0.775. The number of aliphatic hydroxyl groups is 1. The van der Waals surface area contributed by atoms with Crippen LogP contribution in [0.15, 0.2) is 22.9 Å². The summed E-state index contributed by atoms with van der Waals surface area (Å²) in [6.45, 7) is 1.39. The monoisotopic (exact) mass is 326 g/mol. The molecule has 0 aromatic carbocycles. The second-order valence-corrected chi connectivity index (χ2v) is 7.60. The Morgan fingerprint density at radius 3 is 2.86 bits per heavy atom. The van der Waals surface area contributed by atoms with Crippen LogP contribution >= 0.6 is 22.9 Å². The lowest BCUT2D eigenvalue weighted by Gasteiger charge is -2.28. The van der Waals surface area contributed by atoms with E-state index in [4.69, 9.17) is 16.1 Å². The van der Waals surface area contributed by atoms with E-state index in [-0.39, 0.29) is 0 Å². The van der Waals surface area contributed by atoms with Gasteiger partial charge in [-0.05, 0) is 32.0 Å². The van der Waals surface area contributed by atoms with Crippen molar-refractivity contribution in [2.24, 2.45) is 0 Å². The first-order valence-electron chi connectivity index (χ1n) is 7.16. The minimum absolute atomic E-state index is 0.529. The van der Waals surface area contributed by atoms with Gasteiger partial charge in [-0.3, -0.25) is 4.90 Å². The van der Waals surface area contributed by atoms with E-state index in [0.717, 1.165) is 46.2 Å². The smallest absolute Gasteiger partial charge is 0.181 e. The van der Waals surface area contributed by atoms with Gasteiger partial charge >= 0.3 is 0 Å². The molecule has 1 aliphatic rings. The van der Waals surface area contributed by atoms with E-state index in [1.807, 2.05) is 19.2 Å². The van der Waals surface area contributed by atoms with Crippen molar-refractivity contribution in [2.75, 3.05) is 13.6 Å². The maximum absolute atomic E-state index is 10.5. The van der Waals surface area contributed by atoms with E-state index < -0.39 is 5.60 Å². The Hall–Kier alpha value is -0.880. The van der Waals surface area contributed by atoms with Crippen LogP contribution in [0.3, 0.4) is 0 Å². The molecule has 0 atom stereocenters. The highest BCUT2D eigenvalue weighted by Gasteiger charge is 2.32.